The lowest BCUT2D eigenvalue weighted by Gasteiger charge is -2.32. The van der Waals surface area contributed by atoms with Crippen LogP contribution in [0, 0.1) is 5.92 Å². The van der Waals surface area contributed by atoms with Crippen molar-refractivity contribution in [3.8, 4) is 0 Å². The van der Waals surface area contributed by atoms with Gasteiger partial charge in [-0.05, 0) is 6.42 Å². The molecule has 80 valence electrons. The molecule has 1 unspecified atom stereocenters. The Kier molecular flexibility index (Phi) is 3.30. The number of hydrogen-bond acceptors (Lipinski definition) is 4. The quantitative estimate of drug-likeness (QED) is 0.627. The normalized spacial score (nSPS) is 29.5. The van der Waals surface area contributed by atoms with E-state index in [0.29, 0.717) is 6.61 Å². The summed E-state index contributed by atoms with van der Waals surface area (Å²) in [5.41, 5.74) is 0. The Balaban J connectivity index is 1.85. The van der Waals surface area contributed by atoms with Crippen molar-refractivity contribution in [2.75, 3.05) is 39.4 Å². The van der Waals surface area contributed by atoms with Crippen LogP contribution in [0.1, 0.15) is 6.42 Å². The Labute approximate surface area is 89.7 Å². The fourth-order valence-electron chi connectivity index (χ4n) is 1.90. The van der Waals surface area contributed by atoms with Crippen LogP contribution < -0.4 is 0 Å². The van der Waals surface area contributed by atoms with E-state index in [-0.39, 0.29) is 11.8 Å². The molecule has 0 saturated carbocycles. The SMILES string of the molecule is O=C(C1CCOC1)N1CCN(S)CC1. The molecule has 2 heterocycles. The third-order valence-corrected chi connectivity index (χ3v) is 3.25. The van der Waals surface area contributed by atoms with Crippen molar-refractivity contribution in [1.82, 2.24) is 9.21 Å². The van der Waals surface area contributed by atoms with E-state index in [1.165, 1.54) is 0 Å². The van der Waals surface area contributed by atoms with Crippen LogP contribution in [0.15, 0.2) is 0 Å². The first-order chi connectivity index (χ1) is 6.77. The van der Waals surface area contributed by atoms with Gasteiger partial charge in [-0.3, -0.25) is 4.79 Å². The first kappa shape index (κ1) is 10.3. The minimum atomic E-state index is 0.112. The van der Waals surface area contributed by atoms with Crippen LogP contribution in [0.4, 0.5) is 0 Å². The summed E-state index contributed by atoms with van der Waals surface area (Å²) in [5.74, 6) is 0.380. The molecule has 0 N–H and O–H groups in total. The van der Waals surface area contributed by atoms with E-state index in [1.807, 2.05) is 9.21 Å². The van der Waals surface area contributed by atoms with Gasteiger partial charge >= 0.3 is 0 Å². The number of thiol groups is 1. The summed E-state index contributed by atoms with van der Waals surface area (Å²) in [7, 11) is 0. The zero-order valence-corrected chi connectivity index (χ0v) is 9.08. The second-order valence-electron chi connectivity index (χ2n) is 3.84. The molecule has 0 aromatic carbocycles. The molecule has 0 aromatic rings. The molecule has 1 amide bonds. The van der Waals surface area contributed by atoms with E-state index in [9.17, 15) is 4.79 Å². The molecule has 0 radical (unpaired) electrons. The van der Waals surface area contributed by atoms with Crippen LogP contribution in [-0.2, 0) is 9.53 Å². The number of amides is 1. The van der Waals surface area contributed by atoms with Crippen molar-refractivity contribution >= 4 is 18.7 Å². The monoisotopic (exact) mass is 216 g/mol. The molecule has 14 heavy (non-hydrogen) atoms. The standard InChI is InChI=1S/C9H16N2O2S/c12-9(8-1-6-13-7-8)10-2-4-11(14)5-3-10/h8,14H,1-7H2. The van der Waals surface area contributed by atoms with Crippen molar-refractivity contribution < 1.29 is 9.53 Å². The number of hydrogen-bond donors (Lipinski definition) is 1. The zero-order valence-electron chi connectivity index (χ0n) is 8.19. The highest BCUT2D eigenvalue weighted by atomic mass is 32.1. The molecule has 0 aliphatic carbocycles. The second kappa shape index (κ2) is 4.51. The van der Waals surface area contributed by atoms with Gasteiger partial charge in [-0.2, -0.15) is 0 Å². The smallest absolute Gasteiger partial charge is 0.228 e. The zero-order chi connectivity index (χ0) is 9.97. The van der Waals surface area contributed by atoms with Gasteiger partial charge in [0.15, 0.2) is 0 Å². The van der Waals surface area contributed by atoms with Crippen molar-refractivity contribution in [2.24, 2.45) is 5.92 Å². The highest BCUT2D eigenvalue weighted by Crippen LogP contribution is 2.16. The number of rotatable bonds is 1. The second-order valence-corrected chi connectivity index (χ2v) is 4.41. The van der Waals surface area contributed by atoms with Crippen LogP contribution in [-0.4, -0.2) is 54.5 Å². The Morgan fingerprint density at radius 3 is 2.57 bits per heavy atom. The lowest BCUT2D eigenvalue weighted by atomic mass is 10.1. The van der Waals surface area contributed by atoms with E-state index < -0.39 is 0 Å². The predicted octanol–water partition coefficient (Wildman–Crippen LogP) is 0.0119. The summed E-state index contributed by atoms with van der Waals surface area (Å²) in [6, 6.07) is 0. The summed E-state index contributed by atoms with van der Waals surface area (Å²) in [6.45, 7) is 4.69. The molecule has 5 heteroatoms. The Hall–Kier alpha value is -0.260. The summed E-state index contributed by atoms with van der Waals surface area (Å²) >= 11 is 4.25. The fourth-order valence-corrected chi connectivity index (χ4v) is 2.08. The van der Waals surface area contributed by atoms with Crippen molar-refractivity contribution in [3.05, 3.63) is 0 Å². The van der Waals surface area contributed by atoms with E-state index >= 15 is 0 Å². The van der Waals surface area contributed by atoms with Crippen LogP contribution >= 0.6 is 12.8 Å². The lowest BCUT2D eigenvalue weighted by Crippen LogP contribution is -2.47. The molecule has 2 saturated heterocycles. The van der Waals surface area contributed by atoms with Crippen LogP contribution in [0.3, 0.4) is 0 Å². The van der Waals surface area contributed by atoms with Gasteiger partial charge < -0.3 is 9.64 Å². The van der Waals surface area contributed by atoms with Gasteiger partial charge in [-0.1, -0.05) is 12.8 Å². The minimum absolute atomic E-state index is 0.112. The van der Waals surface area contributed by atoms with Gasteiger partial charge in [0.1, 0.15) is 0 Å². The molecule has 0 bridgehead atoms. The lowest BCUT2D eigenvalue weighted by molar-refractivity contribution is -0.136. The van der Waals surface area contributed by atoms with Crippen molar-refractivity contribution in [2.45, 2.75) is 6.42 Å². The molecule has 2 aliphatic rings. The average Bonchev–Trinajstić information content (AvgIpc) is 2.71. The maximum absolute atomic E-state index is 11.9. The molecule has 1 atom stereocenters. The number of carbonyl (C=O) groups is 1. The number of ether oxygens (including phenoxy) is 1. The molecular formula is C9H16N2O2S. The van der Waals surface area contributed by atoms with Gasteiger partial charge in [-0.25, -0.2) is 4.31 Å². The summed E-state index contributed by atoms with van der Waals surface area (Å²) in [5, 5.41) is 0. The van der Waals surface area contributed by atoms with Gasteiger partial charge in [0.2, 0.25) is 5.91 Å². The van der Waals surface area contributed by atoms with E-state index in [0.717, 1.165) is 39.2 Å². The summed E-state index contributed by atoms with van der Waals surface area (Å²) in [6.07, 6.45) is 0.889. The first-order valence-corrected chi connectivity index (χ1v) is 5.48. The summed E-state index contributed by atoms with van der Waals surface area (Å²) in [4.78, 5) is 13.8. The first-order valence-electron chi connectivity index (χ1n) is 5.08. The van der Waals surface area contributed by atoms with Gasteiger partial charge in [0.05, 0.1) is 12.5 Å². The van der Waals surface area contributed by atoms with E-state index in [4.69, 9.17) is 4.74 Å². The molecule has 0 spiro atoms. The van der Waals surface area contributed by atoms with Gasteiger partial charge in [-0.15, -0.1) is 0 Å². The van der Waals surface area contributed by atoms with E-state index in [1.54, 1.807) is 0 Å². The van der Waals surface area contributed by atoms with Crippen molar-refractivity contribution in [3.63, 3.8) is 0 Å². The molecule has 2 aliphatic heterocycles. The third kappa shape index (κ3) is 2.21. The third-order valence-electron chi connectivity index (χ3n) is 2.85. The van der Waals surface area contributed by atoms with Gasteiger partial charge in [0.25, 0.3) is 0 Å². The average molecular weight is 216 g/mol. The highest BCUT2D eigenvalue weighted by molar-refractivity contribution is 7.77. The predicted molar refractivity (Wildman–Crippen MR) is 56.1 cm³/mol. The summed E-state index contributed by atoms with van der Waals surface area (Å²) < 4.78 is 7.17. The maximum Gasteiger partial charge on any atom is 0.228 e. The Morgan fingerprint density at radius 1 is 1.29 bits per heavy atom. The Bertz CT molecular complexity index is 211. The molecule has 0 aromatic heterocycles. The van der Waals surface area contributed by atoms with Crippen LogP contribution in [0.2, 0.25) is 0 Å². The fraction of sp³-hybridized carbons (Fsp3) is 0.889. The maximum atomic E-state index is 11.9. The topological polar surface area (TPSA) is 32.8 Å². The number of nitrogens with zero attached hydrogens (tertiary/aromatic N) is 2. The van der Waals surface area contributed by atoms with Gasteiger partial charge in [0, 0.05) is 32.8 Å². The minimum Gasteiger partial charge on any atom is -0.381 e. The van der Waals surface area contributed by atoms with Crippen molar-refractivity contribution in [1.29, 1.82) is 0 Å². The molecule has 4 nitrogen and oxygen atoms in total. The highest BCUT2D eigenvalue weighted by Gasteiger charge is 2.29. The molecule has 2 fully saturated rings. The molecule has 2 rings (SSSR count). The Morgan fingerprint density at radius 2 is 2.00 bits per heavy atom. The number of carbonyl (C=O) groups excluding carboxylic acids is 1. The van der Waals surface area contributed by atoms with Crippen LogP contribution in [0.5, 0.6) is 0 Å². The number of piperazine rings is 1. The van der Waals surface area contributed by atoms with Crippen LogP contribution in [0.25, 0.3) is 0 Å². The van der Waals surface area contributed by atoms with E-state index in [2.05, 4.69) is 12.8 Å². The largest absolute Gasteiger partial charge is 0.381 e. The molecular weight excluding hydrogens is 200 g/mol.